The molecule has 0 spiro atoms. The number of nitrogens with one attached hydrogen (secondary N) is 1. The molecule has 2 heterocycles. The van der Waals surface area contributed by atoms with Crippen LogP contribution >= 0.6 is 0 Å². The highest BCUT2D eigenvalue weighted by atomic mass is 16.2. The molecular formula is C14H24N6O. The fourth-order valence-corrected chi connectivity index (χ4v) is 3.64. The van der Waals surface area contributed by atoms with Gasteiger partial charge in [0.1, 0.15) is 0 Å². The van der Waals surface area contributed by atoms with E-state index in [0.29, 0.717) is 25.2 Å². The average Bonchev–Trinajstić information content (AvgIpc) is 3.18. The molecule has 21 heavy (non-hydrogen) atoms. The third-order valence-corrected chi connectivity index (χ3v) is 4.93. The lowest BCUT2D eigenvalue weighted by Gasteiger charge is -2.20. The quantitative estimate of drug-likeness (QED) is 0.817. The molecule has 1 amide bonds. The molecule has 1 saturated heterocycles. The summed E-state index contributed by atoms with van der Waals surface area (Å²) >= 11 is 0. The first-order chi connectivity index (χ1) is 10.2. The Morgan fingerprint density at radius 3 is 2.81 bits per heavy atom. The van der Waals surface area contributed by atoms with E-state index in [9.17, 15) is 4.79 Å². The molecule has 3 rings (SSSR count). The summed E-state index contributed by atoms with van der Waals surface area (Å²) in [7, 11) is 1.85. The van der Waals surface area contributed by atoms with Gasteiger partial charge in [-0.3, -0.25) is 4.79 Å². The Balaban J connectivity index is 1.36. The maximum Gasteiger partial charge on any atom is 0.223 e. The van der Waals surface area contributed by atoms with Crippen LogP contribution in [0.15, 0.2) is 0 Å². The van der Waals surface area contributed by atoms with Crippen molar-refractivity contribution in [2.24, 2.45) is 11.8 Å². The van der Waals surface area contributed by atoms with Gasteiger partial charge in [-0.1, -0.05) is 11.6 Å². The number of fused-ring (bicyclic) bond motifs is 1. The Hall–Kier alpha value is -1.50. The van der Waals surface area contributed by atoms with E-state index in [-0.39, 0.29) is 5.91 Å². The number of hydrogen-bond acceptors (Lipinski definition) is 5. The predicted molar refractivity (Wildman–Crippen MR) is 77.4 cm³/mol. The van der Waals surface area contributed by atoms with Crippen LogP contribution < -0.4 is 0 Å². The monoisotopic (exact) mass is 292 g/mol. The van der Waals surface area contributed by atoms with Crippen LogP contribution in [0.1, 0.15) is 31.5 Å². The fourth-order valence-electron chi connectivity index (χ4n) is 3.64. The highest BCUT2D eigenvalue weighted by molar-refractivity contribution is 5.76. The molecule has 1 saturated carbocycles. The highest BCUT2D eigenvalue weighted by Gasteiger charge is 2.35. The van der Waals surface area contributed by atoms with E-state index in [4.69, 9.17) is 0 Å². The minimum atomic E-state index is 0.204. The highest BCUT2D eigenvalue weighted by Crippen LogP contribution is 2.37. The van der Waals surface area contributed by atoms with Gasteiger partial charge in [-0.25, -0.2) is 0 Å². The van der Waals surface area contributed by atoms with Gasteiger partial charge in [-0.15, -0.1) is 10.2 Å². The van der Waals surface area contributed by atoms with E-state index in [1.807, 2.05) is 7.05 Å². The van der Waals surface area contributed by atoms with Crippen molar-refractivity contribution in [3.8, 4) is 0 Å². The largest absolute Gasteiger partial charge is 0.345 e. The fraction of sp³-hybridized carbons (Fsp3) is 0.857. The van der Waals surface area contributed by atoms with Gasteiger partial charge in [0.15, 0.2) is 5.82 Å². The van der Waals surface area contributed by atoms with Gasteiger partial charge in [0.2, 0.25) is 5.91 Å². The number of amides is 1. The maximum atomic E-state index is 12.1. The number of nitrogens with zero attached hydrogens (tertiary/aromatic N) is 5. The molecule has 0 bridgehead atoms. The number of aromatic amines is 1. The van der Waals surface area contributed by atoms with Crippen LogP contribution in [0.25, 0.3) is 0 Å². The number of likely N-dealkylation sites (N-methyl/N-ethyl adjacent to an activating group) is 1. The van der Waals surface area contributed by atoms with E-state index in [0.717, 1.165) is 18.4 Å². The van der Waals surface area contributed by atoms with Crippen LogP contribution in [-0.4, -0.2) is 69.6 Å². The zero-order valence-electron chi connectivity index (χ0n) is 12.7. The van der Waals surface area contributed by atoms with Crippen LogP contribution in [0.3, 0.4) is 0 Å². The Labute approximate surface area is 125 Å². The molecule has 1 aliphatic carbocycles. The van der Waals surface area contributed by atoms with E-state index >= 15 is 0 Å². The van der Waals surface area contributed by atoms with Crippen molar-refractivity contribution in [3.63, 3.8) is 0 Å². The predicted octanol–water partition coefficient (Wildman–Crippen LogP) is 0.323. The number of carbonyl (C=O) groups is 1. The number of likely N-dealkylation sites (tertiary alicyclic amines) is 1. The van der Waals surface area contributed by atoms with Crippen molar-refractivity contribution in [2.45, 2.75) is 32.1 Å². The Morgan fingerprint density at radius 1 is 1.38 bits per heavy atom. The van der Waals surface area contributed by atoms with Crippen LogP contribution in [0, 0.1) is 11.8 Å². The smallest absolute Gasteiger partial charge is 0.223 e. The molecule has 0 aromatic carbocycles. The van der Waals surface area contributed by atoms with Gasteiger partial charge in [0, 0.05) is 46.1 Å². The summed E-state index contributed by atoms with van der Waals surface area (Å²) < 4.78 is 0. The summed E-state index contributed by atoms with van der Waals surface area (Å²) in [6.45, 7) is 3.94. The molecule has 116 valence electrons. The van der Waals surface area contributed by atoms with Crippen LogP contribution in [0.2, 0.25) is 0 Å². The average molecular weight is 292 g/mol. The van der Waals surface area contributed by atoms with Crippen molar-refractivity contribution in [1.29, 1.82) is 0 Å². The van der Waals surface area contributed by atoms with E-state index in [1.54, 1.807) is 4.90 Å². The summed E-state index contributed by atoms with van der Waals surface area (Å²) in [5, 5.41) is 13.7. The molecule has 2 aliphatic rings. The molecule has 1 N–H and O–H groups in total. The summed E-state index contributed by atoms with van der Waals surface area (Å²) in [6.07, 6.45) is 5.44. The number of carbonyl (C=O) groups excluding carboxylic acids is 1. The van der Waals surface area contributed by atoms with E-state index in [2.05, 4.69) is 25.5 Å². The van der Waals surface area contributed by atoms with Crippen molar-refractivity contribution in [3.05, 3.63) is 5.82 Å². The third kappa shape index (κ3) is 3.58. The van der Waals surface area contributed by atoms with Gasteiger partial charge < -0.3 is 9.80 Å². The van der Waals surface area contributed by atoms with Gasteiger partial charge >= 0.3 is 0 Å². The minimum absolute atomic E-state index is 0.204. The third-order valence-electron chi connectivity index (χ3n) is 4.93. The standard InChI is InChI=1S/C14H24N6O/c1-19(7-5-13-15-17-18-16-13)14(21)6-8-20-9-11-3-2-4-12(11)10-20/h11-12H,2-10H2,1H3,(H,15,16,17,18)/t11-,12+. The molecule has 1 aromatic heterocycles. The van der Waals surface area contributed by atoms with Gasteiger partial charge in [0.05, 0.1) is 0 Å². The number of H-pyrrole nitrogens is 1. The summed E-state index contributed by atoms with van der Waals surface area (Å²) in [4.78, 5) is 16.4. The van der Waals surface area contributed by atoms with E-state index in [1.165, 1.54) is 32.4 Å². The lowest BCUT2D eigenvalue weighted by Crippen LogP contribution is -2.33. The molecule has 0 unspecified atom stereocenters. The molecule has 0 radical (unpaired) electrons. The second-order valence-corrected chi connectivity index (χ2v) is 6.35. The zero-order chi connectivity index (χ0) is 14.7. The summed E-state index contributed by atoms with van der Waals surface area (Å²) in [5.41, 5.74) is 0. The maximum absolute atomic E-state index is 12.1. The lowest BCUT2D eigenvalue weighted by atomic mass is 10.0. The van der Waals surface area contributed by atoms with Gasteiger partial charge in [-0.2, -0.15) is 5.21 Å². The van der Waals surface area contributed by atoms with Crippen LogP contribution in [0.4, 0.5) is 0 Å². The Kier molecular flexibility index (Phi) is 4.48. The van der Waals surface area contributed by atoms with E-state index < -0.39 is 0 Å². The van der Waals surface area contributed by atoms with Gasteiger partial charge in [-0.05, 0) is 24.7 Å². The Morgan fingerprint density at radius 2 is 2.14 bits per heavy atom. The molecule has 7 heteroatoms. The van der Waals surface area contributed by atoms with Crippen molar-refractivity contribution < 1.29 is 4.79 Å². The SMILES string of the molecule is CN(CCc1nn[nH]n1)C(=O)CCN1C[C@H]2CCC[C@H]2C1. The molecule has 1 aromatic rings. The summed E-state index contributed by atoms with van der Waals surface area (Å²) in [6, 6.07) is 0. The number of aromatic nitrogens is 4. The second kappa shape index (κ2) is 6.51. The zero-order valence-corrected chi connectivity index (χ0v) is 12.7. The first-order valence-electron chi connectivity index (χ1n) is 7.91. The van der Waals surface area contributed by atoms with Crippen LogP contribution in [-0.2, 0) is 11.2 Å². The molecule has 2 atom stereocenters. The van der Waals surface area contributed by atoms with Crippen molar-refractivity contribution in [1.82, 2.24) is 30.4 Å². The number of tetrazole rings is 1. The number of rotatable bonds is 6. The van der Waals surface area contributed by atoms with Crippen molar-refractivity contribution in [2.75, 3.05) is 33.2 Å². The first-order valence-corrected chi connectivity index (χ1v) is 7.91. The topological polar surface area (TPSA) is 78.0 Å². The Bertz CT molecular complexity index is 450. The molecule has 1 aliphatic heterocycles. The normalized spacial score (nSPS) is 25.2. The second-order valence-electron chi connectivity index (χ2n) is 6.35. The molecular weight excluding hydrogens is 268 g/mol. The van der Waals surface area contributed by atoms with Crippen LogP contribution in [0.5, 0.6) is 0 Å². The van der Waals surface area contributed by atoms with Gasteiger partial charge in [0.25, 0.3) is 0 Å². The summed E-state index contributed by atoms with van der Waals surface area (Å²) in [5.74, 6) is 2.66. The lowest BCUT2D eigenvalue weighted by molar-refractivity contribution is -0.130. The molecule has 7 nitrogen and oxygen atoms in total. The first kappa shape index (κ1) is 14.4. The minimum Gasteiger partial charge on any atom is -0.345 e. The number of hydrogen-bond donors (Lipinski definition) is 1. The molecule has 2 fully saturated rings. The van der Waals surface area contributed by atoms with Crippen molar-refractivity contribution >= 4 is 5.91 Å².